The molecule has 0 amide bonds. The Kier molecular flexibility index (Phi) is 16.6. The van der Waals surface area contributed by atoms with E-state index in [1.54, 1.807) is 12.1 Å². The predicted molar refractivity (Wildman–Crippen MR) is 128 cm³/mol. The van der Waals surface area contributed by atoms with E-state index in [4.69, 9.17) is 11.6 Å². The third-order valence-electron chi connectivity index (χ3n) is 5.54. The van der Waals surface area contributed by atoms with Gasteiger partial charge >= 0.3 is 0 Å². The number of quaternary nitrogens is 1. The second kappa shape index (κ2) is 17.0. The summed E-state index contributed by atoms with van der Waals surface area (Å²) < 4.78 is 32.4. The van der Waals surface area contributed by atoms with Gasteiger partial charge in [0.25, 0.3) is 0 Å². The van der Waals surface area contributed by atoms with Crippen LogP contribution >= 0.6 is 11.6 Å². The normalized spacial score (nSPS) is 11.8. The number of unbranched alkanes of at least 4 members (excludes halogenated alkanes) is 8. The van der Waals surface area contributed by atoms with Crippen LogP contribution in [-0.2, 0) is 10.1 Å². The van der Waals surface area contributed by atoms with Crippen molar-refractivity contribution in [2.75, 3.05) is 32.6 Å². The maximum Gasteiger partial charge on any atom is 0.124 e. The topological polar surface area (TPSA) is 57.2 Å². The Bertz CT molecular complexity index is 618. The van der Waals surface area contributed by atoms with Crippen LogP contribution in [0.25, 0.3) is 0 Å². The SMILES string of the molecule is CCCCCCC[N+](C)(CCCl)CCCCCCC.Cc1ccc(S(=O)(=O)[O-])cc1. The minimum Gasteiger partial charge on any atom is -0.744 e. The molecule has 30 heavy (non-hydrogen) atoms. The van der Waals surface area contributed by atoms with Gasteiger partial charge in [-0.05, 0) is 44.7 Å². The van der Waals surface area contributed by atoms with E-state index in [-0.39, 0.29) is 4.90 Å². The van der Waals surface area contributed by atoms with Gasteiger partial charge in [0.15, 0.2) is 0 Å². The predicted octanol–water partition coefficient (Wildman–Crippen LogP) is 6.51. The van der Waals surface area contributed by atoms with E-state index in [2.05, 4.69) is 20.9 Å². The van der Waals surface area contributed by atoms with E-state index < -0.39 is 10.1 Å². The van der Waals surface area contributed by atoms with E-state index >= 15 is 0 Å². The van der Waals surface area contributed by atoms with Gasteiger partial charge < -0.3 is 9.04 Å². The highest BCUT2D eigenvalue weighted by molar-refractivity contribution is 7.85. The van der Waals surface area contributed by atoms with E-state index in [1.165, 1.54) is 93.9 Å². The zero-order chi connectivity index (χ0) is 22.9. The number of rotatable bonds is 15. The number of hydrogen-bond donors (Lipinski definition) is 0. The molecule has 176 valence electrons. The molecule has 0 aliphatic heterocycles. The Morgan fingerprint density at radius 1 is 0.800 bits per heavy atom. The Balaban J connectivity index is 0.000000642. The summed E-state index contributed by atoms with van der Waals surface area (Å²) in [6.07, 6.45) is 13.9. The quantitative estimate of drug-likeness (QED) is 0.129. The molecule has 1 rings (SSSR count). The summed E-state index contributed by atoms with van der Waals surface area (Å²) in [5.74, 6) is 0.806. The van der Waals surface area contributed by atoms with E-state index in [1.807, 2.05) is 6.92 Å². The van der Waals surface area contributed by atoms with Crippen LogP contribution in [0.3, 0.4) is 0 Å². The first-order valence-corrected chi connectivity index (χ1v) is 13.5. The smallest absolute Gasteiger partial charge is 0.124 e. The van der Waals surface area contributed by atoms with Crippen molar-refractivity contribution in [3.63, 3.8) is 0 Å². The molecule has 0 saturated carbocycles. The Labute approximate surface area is 191 Å². The molecule has 0 aromatic heterocycles. The average molecular weight is 462 g/mol. The average Bonchev–Trinajstić information content (AvgIpc) is 2.68. The molecule has 1 aromatic carbocycles. The first kappa shape index (κ1) is 29.4. The van der Waals surface area contributed by atoms with Crippen LogP contribution in [0, 0.1) is 6.92 Å². The van der Waals surface area contributed by atoms with E-state index in [0.29, 0.717) is 0 Å². The van der Waals surface area contributed by atoms with Gasteiger partial charge in [-0.25, -0.2) is 8.42 Å². The lowest BCUT2D eigenvalue weighted by atomic mass is 10.1. The second-order valence-corrected chi connectivity index (χ2v) is 10.3. The summed E-state index contributed by atoms with van der Waals surface area (Å²) in [4.78, 5) is -0.178. The van der Waals surface area contributed by atoms with Crippen molar-refractivity contribution >= 4 is 21.7 Å². The van der Waals surface area contributed by atoms with Gasteiger partial charge in [-0.2, -0.15) is 0 Å². The summed E-state index contributed by atoms with van der Waals surface area (Å²) >= 11 is 6.00. The van der Waals surface area contributed by atoms with Gasteiger partial charge in [-0.3, -0.25) is 0 Å². The molecular weight excluding hydrogens is 418 g/mol. The van der Waals surface area contributed by atoms with Crippen LogP contribution in [0.2, 0.25) is 0 Å². The van der Waals surface area contributed by atoms with Crippen molar-refractivity contribution in [1.29, 1.82) is 0 Å². The second-order valence-electron chi connectivity index (χ2n) is 8.57. The third-order valence-corrected chi connectivity index (χ3v) is 6.56. The molecule has 0 fully saturated rings. The standard InChI is InChI=1S/C17H37ClN.C7H8O3S/c1-4-6-8-10-12-15-19(3,17-14-18)16-13-11-9-7-5-2;1-6-2-4-7(5-3-6)11(8,9)10/h4-17H2,1-3H3;2-5H,1H3,(H,8,9,10)/q+1;/p-1. The minimum atomic E-state index is -4.27. The van der Waals surface area contributed by atoms with Crippen LogP contribution in [0.5, 0.6) is 0 Å². The fraction of sp³-hybridized carbons (Fsp3) is 0.750. The van der Waals surface area contributed by atoms with Gasteiger partial charge in [0.2, 0.25) is 0 Å². The van der Waals surface area contributed by atoms with Crippen molar-refractivity contribution in [3.05, 3.63) is 29.8 Å². The molecule has 0 atom stereocenters. The molecule has 0 N–H and O–H groups in total. The molecule has 1 aromatic rings. The van der Waals surface area contributed by atoms with Crippen LogP contribution < -0.4 is 0 Å². The van der Waals surface area contributed by atoms with Crippen molar-refractivity contribution in [3.8, 4) is 0 Å². The Hall–Kier alpha value is -0.620. The number of benzene rings is 1. The largest absolute Gasteiger partial charge is 0.744 e. The molecule has 0 heterocycles. The molecule has 0 aliphatic rings. The Morgan fingerprint density at radius 2 is 1.23 bits per heavy atom. The van der Waals surface area contributed by atoms with Gasteiger partial charge in [0.05, 0.1) is 37.5 Å². The molecular formula is C24H44ClNO3S. The number of nitrogens with zero attached hydrogens (tertiary/aromatic N) is 1. The highest BCUT2D eigenvalue weighted by atomic mass is 35.5. The van der Waals surface area contributed by atoms with Gasteiger partial charge in [-0.1, -0.05) is 70.1 Å². The molecule has 0 unspecified atom stereocenters. The third kappa shape index (κ3) is 15.2. The van der Waals surface area contributed by atoms with Crippen LogP contribution in [0.15, 0.2) is 29.2 Å². The van der Waals surface area contributed by atoms with Crippen LogP contribution in [-0.4, -0.2) is 50.0 Å². The Morgan fingerprint density at radius 3 is 1.60 bits per heavy atom. The number of hydrogen-bond acceptors (Lipinski definition) is 3. The maximum atomic E-state index is 10.4. The summed E-state index contributed by atoms with van der Waals surface area (Å²) in [5.41, 5.74) is 0.928. The van der Waals surface area contributed by atoms with Crippen molar-refractivity contribution in [1.82, 2.24) is 0 Å². The first-order valence-electron chi connectivity index (χ1n) is 11.6. The molecule has 6 heteroatoms. The monoisotopic (exact) mass is 461 g/mol. The number of halogens is 1. The number of alkyl halides is 1. The number of aryl methyl sites for hydroxylation is 1. The fourth-order valence-electron chi connectivity index (χ4n) is 3.44. The lowest BCUT2D eigenvalue weighted by Crippen LogP contribution is -2.47. The molecule has 0 saturated heterocycles. The van der Waals surface area contributed by atoms with Gasteiger partial charge in [0.1, 0.15) is 10.1 Å². The van der Waals surface area contributed by atoms with E-state index in [9.17, 15) is 13.0 Å². The lowest BCUT2D eigenvalue weighted by molar-refractivity contribution is -0.907. The molecule has 0 aliphatic carbocycles. The lowest BCUT2D eigenvalue weighted by Gasteiger charge is -2.34. The van der Waals surface area contributed by atoms with Gasteiger partial charge in [-0.15, -0.1) is 11.6 Å². The van der Waals surface area contributed by atoms with Crippen LogP contribution in [0.1, 0.15) is 83.6 Å². The zero-order valence-corrected chi connectivity index (χ0v) is 21.2. The van der Waals surface area contributed by atoms with E-state index in [0.717, 1.165) is 18.0 Å². The summed E-state index contributed by atoms with van der Waals surface area (Å²) in [5, 5.41) is 0. The molecule has 0 spiro atoms. The van der Waals surface area contributed by atoms with Crippen molar-refractivity contribution < 1.29 is 17.5 Å². The fourth-order valence-corrected chi connectivity index (χ4v) is 4.32. The van der Waals surface area contributed by atoms with Crippen molar-refractivity contribution in [2.24, 2.45) is 0 Å². The molecule has 4 nitrogen and oxygen atoms in total. The maximum absolute atomic E-state index is 10.4. The van der Waals surface area contributed by atoms with Crippen molar-refractivity contribution in [2.45, 2.75) is 89.9 Å². The van der Waals surface area contributed by atoms with Crippen LogP contribution in [0.4, 0.5) is 0 Å². The first-order chi connectivity index (χ1) is 14.2. The molecule has 0 bridgehead atoms. The summed E-state index contributed by atoms with van der Waals surface area (Å²) in [6.45, 7) is 10.2. The minimum absolute atomic E-state index is 0.178. The summed E-state index contributed by atoms with van der Waals surface area (Å²) in [7, 11) is -1.86. The zero-order valence-electron chi connectivity index (χ0n) is 19.7. The van der Waals surface area contributed by atoms with Gasteiger partial charge in [0, 0.05) is 0 Å². The summed E-state index contributed by atoms with van der Waals surface area (Å²) in [6, 6.07) is 5.78. The highest BCUT2D eigenvalue weighted by Crippen LogP contribution is 2.13. The molecule has 0 radical (unpaired) electrons. The highest BCUT2D eigenvalue weighted by Gasteiger charge is 2.19.